The Morgan fingerprint density at radius 2 is 2.06 bits per heavy atom. The molecule has 7 nitrogen and oxygen atoms in total. The predicted octanol–water partition coefficient (Wildman–Crippen LogP) is 3.09. The molecule has 32 heavy (non-hydrogen) atoms. The number of aliphatic hydroxyl groups excluding tert-OH is 1. The van der Waals surface area contributed by atoms with Gasteiger partial charge in [0.1, 0.15) is 12.6 Å². The predicted molar refractivity (Wildman–Crippen MR) is 117 cm³/mol. The van der Waals surface area contributed by atoms with Crippen LogP contribution in [0.5, 0.6) is 0 Å². The number of hydrazone groups is 1. The summed E-state index contributed by atoms with van der Waals surface area (Å²) in [7, 11) is 1.62. The Morgan fingerprint density at radius 1 is 1.38 bits per heavy atom. The van der Waals surface area contributed by atoms with Crippen LogP contribution in [0.2, 0.25) is 0 Å². The second-order valence-electron chi connectivity index (χ2n) is 9.32. The number of halogens is 3. The minimum Gasteiger partial charge on any atom is -0.473 e. The summed E-state index contributed by atoms with van der Waals surface area (Å²) in [6.07, 6.45) is 1.94. The number of alkyl halides is 2. The summed E-state index contributed by atoms with van der Waals surface area (Å²) in [5.41, 5.74) is 0.476. The van der Waals surface area contributed by atoms with Gasteiger partial charge in [0, 0.05) is 41.5 Å². The Morgan fingerprint density at radius 3 is 2.66 bits per heavy atom. The number of hydrogen-bond donors (Lipinski definition) is 2. The van der Waals surface area contributed by atoms with E-state index in [0.717, 1.165) is 4.47 Å². The van der Waals surface area contributed by atoms with Crippen LogP contribution in [0, 0.1) is 5.41 Å². The molecule has 3 aliphatic rings. The summed E-state index contributed by atoms with van der Waals surface area (Å²) in [5.74, 6) is -2.65. The van der Waals surface area contributed by atoms with E-state index >= 15 is 0 Å². The molecule has 3 aliphatic carbocycles. The molecule has 0 aliphatic heterocycles. The SMILES string of the molecule is CN(CC(=O)NC1CC(O)C1)/N=C(/OC1CC2(C1)CC(F)(F)C2)c1cc(Br)ccc1C=O. The van der Waals surface area contributed by atoms with Gasteiger partial charge >= 0.3 is 0 Å². The third-order valence-corrected chi connectivity index (χ3v) is 6.85. The van der Waals surface area contributed by atoms with Gasteiger partial charge in [-0.3, -0.25) is 14.6 Å². The molecule has 10 heteroatoms. The minimum absolute atomic E-state index is 0.0370. The zero-order valence-electron chi connectivity index (χ0n) is 17.7. The molecular weight excluding hydrogens is 488 g/mol. The molecule has 3 fully saturated rings. The fourth-order valence-electron chi connectivity index (χ4n) is 4.82. The second kappa shape index (κ2) is 8.70. The summed E-state index contributed by atoms with van der Waals surface area (Å²) in [6, 6.07) is 5.03. The third-order valence-electron chi connectivity index (χ3n) is 6.35. The number of carbonyl (C=O) groups is 2. The molecule has 1 amide bonds. The second-order valence-corrected chi connectivity index (χ2v) is 10.2. The first-order valence-electron chi connectivity index (χ1n) is 10.6. The first-order valence-corrected chi connectivity index (χ1v) is 11.4. The van der Waals surface area contributed by atoms with Crippen molar-refractivity contribution >= 4 is 34.0 Å². The van der Waals surface area contributed by atoms with Gasteiger partial charge in [-0.05, 0) is 49.3 Å². The number of carbonyl (C=O) groups excluding carboxylic acids is 2. The van der Waals surface area contributed by atoms with Crippen LogP contribution in [0.25, 0.3) is 0 Å². The van der Waals surface area contributed by atoms with Crippen LogP contribution in [0.3, 0.4) is 0 Å². The first-order chi connectivity index (χ1) is 15.1. The molecule has 0 aromatic heterocycles. The van der Waals surface area contributed by atoms with E-state index in [4.69, 9.17) is 4.74 Å². The molecule has 0 saturated heterocycles. The van der Waals surface area contributed by atoms with Crippen molar-refractivity contribution in [3.8, 4) is 0 Å². The number of aliphatic hydroxyl groups is 1. The van der Waals surface area contributed by atoms with Gasteiger partial charge in [-0.2, -0.15) is 0 Å². The van der Waals surface area contributed by atoms with Crippen molar-refractivity contribution in [1.82, 2.24) is 10.3 Å². The fourth-order valence-corrected chi connectivity index (χ4v) is 5.18. The standard InChI is InChI=1S/C22H26BrF2N3O4/c1-28(9-19(31)26-15-5-16(30)6-15)27-20(18-4-14(23)3-2-13(18)10-29)32-17-7-21(8-17)11-22(24,25)12-21/h2-4,10,15-17,30H,5-9,11-12H2,1H3,(H,26,31)/b27-20+. The Balaban J connectivity index is 1.45. The van der Waals surface area contributed by atoms with Crippen LogP contribution in [-0.2, 0) is 9.53 Å². The Hall–Kier alpha value is -2.07. The van der Waals surface area contributed by atoms with Crippen LogP contribution < -0.4 is 5.32 Å². The highest BCUT2D eigenvalue weighted by atomic mass is 79.9. The van der Waals surface area contributed by atoms with E-state index < -0.39 is 5.92 Å². The van der Waals surface area contributed by atoms with Crippen LogP contribution in [0.1, 0.15) is 54.4 Å². The lowest BCUT2D eigenvalue weighted by Gasteiger charge is -2.56. The van der Waals surface area contributed by atoms with Crippen molar-refractivity contribution in [2.45, 2.75) is 62.7 Å². The van der Waals surface area contributed by atoms with Crippen molar-refractivity contribution in [2.75, 3.05) is 13.6 Å². The first kappa shape index (κ1) is 23.1. The van der Waals surface area contributed by atoms with Crippen molar-refractivity contribution in [1.29, 1.82) is 0 Å². The Bertz CT molecular complexity index is 920. The maximum Gasteiger partial charge on any atom is 0.249 e. The Labute approximate surface area is 193 Å². The van der Waals surface area contributed by atoms with Gasteiger partial charge < -0.3 is 15.2 Å². The topological polar surface area (TPSA) is 91.2 Å². The largest absolute Gasteiger partial charge is 0.473 e. The third kappa shape index (κ3) is 5.11. The highest BCUT2D eigenvalue weighted by Crippen LogP contribution is 2.63. The molecule has 1 spiro atoms. The number of hydrogen-bond acceptors (Lipinski definition) is 6. The molecule has 0 bridgehead atoms. The molecule has 0 unspecified atom stereocenters. The average Bonchev–Trinajstić information content (AvgIpc) is 2.63. The van der Waals surface area contributed by atoms with Crippen molar-refractivity contribution in [2.24, 2.45) is 10.5 Å². The van der Waals surface area contributed by atoms with Gasteiger partial charge in [-0.25, -0.2) is 8.78 Å². The van der Waals surface area contributed by atoms with Crippen molar-refractivity contribution in [3.63, 3.8) is 0 Å². The highest BCUT2D eigenvalue weighted by molar-refractivity contribution is 9.10. The average molecular weight is 514 g/mol. The number of nitrogens with zero attached hydrogens (tertiary/aromatic N) is 2. The molecule has 174 valence electrons. The molecule has 3 saturated carbocycles. The lowest BCUT2D eigenvalue weighted by molar-refractivity contribution is -0.216. The summed E-state index contributed by atoms with van der Waals surface area (Å²) < 4.78 is 33.4. The molecule has 4 rings (SSSR count). The molecule has 2 N–H and O–H groups in total. The maximum absolute atomic E-state index is 13.3. The quantitative estimate of drug-likeness (QED) is 0.253. The number of nitrogens with one attached hydrogen (secondary N) is 1. The number of aldehydes is 1. The van der Waals surface area contributed by atoms with Gasteiger partial charge in [0.05, 0.1) is 6.10 Å². The van der Waals surface area contributed by atoms with Crippen LogP contribution in [0.4, 0.5) is 8.78 Å². The number of likely N-dealkylation sites (N-methyl/N-ethyl adjacent to an activating group) is 1. The molecule has 0 atom stereocenters. The zero-order chi connectivity index (χ0) is 23.1. The summed E-state index contributed by atoms with van der Waals surface area (Å²) in [6.45, 7) is -0.0370. The van der Waals surface area contributed by atoms with Crippen LogP contribution in [0.15, 0.2) is 27.8 Å². The molecule has 0 heterocycles. The number of rotatable bonds is 7. The lowest BCUT2D eigenvalue weighted by atomic mass is 9.53. The molecule has 1 aromatic rings. The lowest BCUT2D eigenvalue weighted by Crippen LogP contribution is -2.56. The summed E-state index contributed by atoms with van der Waals surface area (Å²) >= 11 is 3.39. The van der Waals surface area contributed by atoms with Gasteiger partial charge in [0.2, 0.25) is 17.7 Å². The number of ether oxygens (including phenoxy) is 1. The smallest absolute Gasteiger partial charge is 0.249 e. The van der Waals surface area contributed by atoms with Crippen molar-refractivity contribution < 1.29 is 28.2 Å². The van der Waals surface area contributed by atoms with Crippen LogP contribution >= 0.6 is 15.9 Å². The highest BCUT2D eigenvalue weighted by Gasteiger charge is 2.62. The van der Waals surface area contributed by atoms with E-state index in [0.29, 0.717) is 43.1 Å². The maximum atomic E-state index is 13.3. The summed E-state index contributed by atoms with van der Waals surface area (Å²) in [5, 5.41) is 18.0. The Kier molecular flexibility index (Phi) is 6.28. The number of amides is 1. The molecule has 1 aromatic carbocycles. The van der Waals surface area contributed by atoms with Crippen LogP contribution in [-0.4, -0.2) is 66.0 Å². The van der Waals surface area contributed by atoms with E-state index in [1.54, 1.807) is 25.2 Å². The zero-order valence-corrected chi connectivity index (χ0v) is 19.3. The van der Waals surface area contributed by atoms with Crippen molar-refractivity contribution in [3.05, 3.63) is 33.8 Å². The number of benzene rings is 1. The van der Waals surface area contributed by atoms with Gasteiger partial charge in [-0.1, -0.05) is 15.9 Å². The van der Waals surface area contributed by atoms with E-state index in [1.165, 1.54) is 5.01 Å². The van der Waals surface area contributed by atoms with E-state index in [9.17, 15) is 23.5 Å². The van der Waals surface area contributed by atoms with Gasteiger partial charge in [-0.15, -0.1) is 5.10 Å². The summed E-state index contributed by atoms with van der Waals surface area (Å²) in [4.78, 5) is 23.8. The van der Waals surface area contributed by atoms with Gasteiger partial charge in [0.25, 0.3) is 0 Å². The fraction of sp³-hybridized carbons (Fsp3) is 0.591. The van der Waals surface area contributed by atoms with E-state index in [2.05, 4.69) is 26.3 Å². The van der Waals surface area contributed by atoms with Gasteiger partial charge in [0.15, 0.2) is 6.29 Å². The van der Waals surface area contributed by atoms with E-state index in [1.807, 2.05) is 0 Å². The molecule has 0 radical (unpaired) electrons. The monoisotopic (exact) mass is 513 g/mol. The normalized spacial score (nSPS) is 25.8. The van der Waals surface area contributed by atoms with E-state index in [-0.39, 0.29) is 54.9 Å². The minimum atomic E-state index is -2.58. The molecular formula is C22H26BrF2N3O4.